The Hall–Kier alpha value is -0.870. The van der Waals surface area contributed by atoms with Crippen molar-refractivity contribution in [3.8, 4) is 0 Å². The van der Waals surface area contributed by atoms with Crippen molar-refractivity contribution >= 4 is 5.71 Å². The molecule has 2 aliphatic carbocycles. The van der Waals surface area contributed by atoms with E-state index in [4.69, 9.17) is 4.74 Å². The summed E-state index contributed by atoms with van der Waals surface area (Å²) >= 11 is 0. The SMILES string of the molecule is CC1=NNC(O)C2=C1CCCC2OC1CC1. The molecule has 0 radical (unpaired) electrons. The van der Waals surface area contributed by atoms with E-state index in [9.17, 15) is 5.11 Å². The lowest BCUT2D eigenvalue weighted by molar-refractivity contribution is 0.0285. The van der Waals surface area contributed by atoms with E-state index in [1.165, 1.54) is 18.4 Å². The normalized spacial score (nSPS) is 34.2. The second kappa shape index (κ2) is 3.86. The van der Waals surface area contributed by atoms with Gasteiger partial charge in [0.15, 0.2) is 6.23 Å². The van der Waals surface area contributed by atoms with Crippen LogP contribution in [0.25, 0.3) is 0 Å². The third kappa shape index (κ3) is 1.76. The van der Waals surface area contributed by atoms with E-state index in [1.54, 1.807) is 0 Å². The van der Waals surface area contributed by atoms with Crippen LogP contribution < -0.4 is 5.43 Å². The van der Waals surface area contributed by atoms with Gasteiger partial charge in [0.2, 0.25) is 0 Å². The van der Waals surface area contributed by atoms with Crippen LogP contribution in [0.4, 0.5) is 0 Å². The molecule has 4 heteroatoms. The standard InChI is InChI=1S/C12H18N2O2/c1-7-9-3-2-4-10(16-8-5-6-8)11(9)12(15)14-13-7/h8,10,12,14-15H,2-6H2,1H3. The highest BCUT2D eigenvalue weighted by atomic mass is 16.5. The molecule has 0 aromatic carbocycles. The summed E-state index contributed by atoms with van der Waals surface area (Å²) in [5.41, 5.74) is 6.01. The van der Waals surface area contributed by atoms with Gasteiger partial charge in [0.05, 0.1) is 17.9 Å². The largest absolute Gasteiger partial charge is 0.370 e. The fraction of sp³-hybridized carbons (Fsp3) is 0.750. The zero-order valence-electron chi connectivity index (χ0n) is 9.57. The molecule has 88 valence electrons. The number of ether oxygens (including phenoxy) is 1. The van der Waals surface area contributed by atoms with Crippen LogP contribution in [-0.2, 0) is 4.74 Å². The van der Waals surface area contributed by atoms with E-state index < -0.39 is 6.23 Å². The molecule has 2 atom stereocenters. The van der Waals surface area contributed by atoms with Crippen molar-refractivity contribution in [2.24, 2.45) is 5.10 Å². The Morgan fingerprint density at radius 2 is 2.19 bits per heavy atom. The molecule has 0 aromatic rings. The summed E-state index contributed by atoms with van der Waals surface area (Å²) in [7, 11) is 0. The minimum absolute atomic E-state index is 0.101. The lowest BCUT2D eigenvalue weighted by atomic mass is 9.85. The summed E-state index contributed by atoms with van der Waals surface area (Å²) in [4.78, 5) is 0. The van der Waals surface area contributed by atoms with Crippen molar-refractivity contribution in [1.82, 2.24) is 5.43 Å². The second-order valence-corrected chi connectivity index (χ2v) is 4.88. The van der Waals surface area contributed by atoms with Gasteiger partial charge in [-0.05, 0) is 44.6 Å². The van der Waals surface area contributed by atoms with Gasteiger partial charge in [-0.1, -0.05) is 0 Å². The number of hydrogen-bond donors (Lipinski definition) is 2. The maximum atomic E-state index is 9.97. The van der Waals surface area contributed by atoms with Crippen LogP contribution in [0.3, 0.4) is 0 Å². The Labute approximate surface area is 95.4 Å². The maximum absolute atomic E-state index is 9.97. The topological polar surface area (TPSA) is 53.9 Å². The number of allylic oxidation sites excluding steroid dienone is 1. The lowest BCUT2D eigenvalue weighted by Gasteiger charge is -2.34. The van der Waals surface area contributed by atoms with Crippen LogP contribution in [0.1, 0.15) is 39.0 Å². The number of rotatable bonds is 2. The van der Waals surface area contributed by atoms with Gasteiger partial charge in [0.25, 0.3) is 0 Å². The van der Waals surface area contributed by atoms with E-state index in [0.717, 1.165) is 30.5 Å². The van der Waals surface area contributed by atoms with E-state index in [-0.39, 0.29) is 6.10 Å². The molecule has 0 spiro atoms. The summed E-state index contributed by atoms with van der Waals surface area (Å²) < 4.78 is 5.98. The van der Waals surface area contributed by atoms with Gasteiger partial charge in [-0.25, -0.2) is 0 Å². The van der Waals surface area contributed by atoms with E-state index in [1.807, 2.05) is 6.92 Å². The Kier molecular flexibility index (Phi) is 2.48. The predicted molar refractivity (Wildman–Crippen MR) is 61.0 cm³/mol. The minimum atomic E-state index is -0.650. The zero-order chi connectivity index (χ0) is 11.1. The zero-order valence-corrected chi connectivity index (χ0v) is 9.57. The van der Waals surface area contributed by atoms with Crippen molar-refractivity contribution in [2.75, 3.05) is 0 Å². The highest BCUT2D eigenvalue weighted by molar-refractivity contribution is 5.99. The van der Waals surface area contributed by atoms with Gasteiger partial charge in [-0.15, -0.1) is 0 Å². The molecule has 1 heterocycles. The summed E-state index contributed by atoms with van der Waals surface area (Å²) in [5, 5.41) is 14.1. The first kappa shape index (κ1) is 10.3. The monoisotopic (exact) mass is 222 g/mol. The smallest absolute Gasteiger partial charge is 0.164 e. The van der Waals surface area contributed by atoms with Crippen molar-refractivity contribution in [3.63, 3.8) is 0 Å². The number of hydrogen-bond acceptors (Lipinski definition) is 4. The Morgan fingerprint density at radius 3 is 2.94 bits per heavy atom. The van der Waals surface area contributed by atoms with Crippen molar-refractivity contribution in [3.05, 3.63) is 11.1 Å². The number of nitrogens with one attached hydrogen (secondary N) is 1. The molecule has 4 nitrogen and oxygen atoms in total. The highest BCUT2D eigenvalue weighted by Gasteiger charge is 2.35. The van der Waals surface area contributed by atoms with E-state index >= 15 is 0 Å². The van der Waals surface area contributed by atoms with Crippen LogP contribution in [0.15, 0.2) is 16.2 Å². The van der Waals surface area contributed by atoms with Gasteiger partial charge < -0.3 is 9.84 Å². The quantitative estimate of drug-likeness (QED) is 0.740. The van der Waals surface area contributed by atoms with E-state index in [0.29, 0.717) is 6.10 Å². The van der Waals surface area contributed by atoms with Crippen LogP contribution in [0.2, 0.25) is 0 Å². The van der Waals surface area contributed by atoms with Crippen LogP contribution in [-0.4, -0.2) is 29.3 Å². The molecule has 1 aliphatic heterocycles. The van der Waals surface area contributed by atoms with Gasteiger partial charge >= 0.3 is 0 Å². The van der Waals surface area contributed by atoms with Gasteiger partial charge in [-0.2, -0.15) is 5.10 Å². The summed E-state index contributed by atoms with van der Waals surface area (Å²) in [6, 6.07) is 0. The molecular weight excluding hydrogens is 204 g/mol. The molecule has 16 heavy (non-hydrogen) atoms. The first-order chi connectivity index (χ1) is 7.75. The van der Waals surface area contributed by atoms with Crippen molar-refractivity contribution in [2.45, 2.75) is 57.5 Å². The van der Waals surface area contributed by atoms with Gasteiger partial charge in [0.1, 0.15) is 0 Å². The second-order valence-electron chi connectivity index (χ2n) is 4.88. The Morgan fingerprint density at radius 1 is 1.38 bits per heavy atom. The number of nitrogens with zero attached hydrogens (tertiary/aromatic N) is 1. The molecule has 0 amide bonds. The van der Waals surface area contributed by atoms with Crippen LogP contribution in [0, 0.1) is 0 Å². The highest BCUT2D eigenvalue weighted by Crippen LogP contribution is 2.36. The summed E-state index contributed by atoms with van der Waals surface area (Å²) in [6.07, 6.45) is 5.42. The van der Waals surface area contributed by atoms with Crippen LogP contribution >= 0.6 is 0 Å². The van der Waals surface area contributed by atoms with Crippen molar-refractivity contribution < 1.29 is 9.84 Å². The molecule has 2 unspecified atom stereocenters. The fourth-order valence-electron chi connectivity index (χ4n) is 2.56. The summed E-state index contributed by atoms with van der Waals surface area (Å²) in [5.74, 6) is 0. The van der Waals surface area contributed by atoms with Crippen molar-refractivity contribution in [1.29, 1.82) is 0 Å². The average Bonchev–Trinajstić information content (AvgIpc) is 3.08. The number of aliphatic hydroxyl groups excluding tert-OH is 1. The molecular formula is C12H18N2O2. The third-order valence-electron chi connectivity index (χ3n) is 3.56. The molecule has 0 saturated heterocycles. The Balaban J connectivity index is 1.88. The predicted octanol–water partition coefficient (Wildman–Crippen LogP) is 1.31. The van der Waals surface area contributed by atoms with Gasteiger partial charge in [-0.3, -0.25) is 5.43 Å². The third-order valence-corrected chi connectivity index (χ3v) is 3.56. The number of hydrazone groups is 1. The van der Waals surface area contributed by atoms with Gasteiger partial charge in [0, 0.05) is 5.57 Å². The molecule has 3 aliphatic rings. The van der Waals surface area contributed by atoms with Crippen LogP contribution in [0.5, 0.6) is 0 Å². The first-order valence-corrected chi connectivity index (χ1v) is 6.12. The number of aliphatic hydroxyl groups is 1. The molecule has 2 N–H and O–H groups in total. The first-order valence-electron chi connectivity index (χ1n) is 6.12. The van der Waals surface area contributed by atoms with E-state index in [2.05, 4.69) is 10.5 Å². The molecule has 0 aromatic heterocycles. The lowest BCUT2D eigenvalue weighted by Crippen LogP contribution is -2.41. The fourth-order valence-corrected chi connectivity index (χ4v) is 2.56. The minimum Gasteiger partial charge on any atom is -0.370 e. The molecule has 1 fully saturated rings. The summed E-state index contributed by atoms with van der Waals surface area (Å²) in [6.45, 7) is 1.99. The molecule has 0 bridgehead atoms. The molecule has 1 saturated carbocycles. The Bertz CT molecular complexity index is 358. The maximum Gasteiger partial charge on any atom is 0.164 e. The average molecular weight is 222 g/mol. The molecule has 3 rings (SSSR count).